The molecule has 8 rings (SSSR count). The third-order valence-electron chi connectivity index (χ3n) is 16.2. The predicted molar refractivity (Wildman–Crippen MR) is 197 cm³/mol. The molecule has 4 aliphatic carbocycles. The monoisotopic (exact) mass is 794 g/mol. The molecule has 14 nitrogen and oxygen atoms in total. The van der Waals surface area contributed by atoms with E-state index in [9.17, 15) is 30.3 Å². The molecule has 0 amide bonds. The molecule has 4 aliphatic heterocycles. The summed E-state index contributed by atoms with van der Waals surface area (Å²) < 4.78 is 47.8. The molecule has 0 bridgehead atoms. The van der Waals surface area contributed by atoms with Gasteiger partial charge in [-0.2, -0.15) is 0 Å². The van der Waals surface area contributed by atoms with Gasteiger partial charge in [0.05, 0.1) is 54.4 Å². The highest BCUT2D eigenvalue weighted by Gasteiger charge is 2.71. The van der Waals surface area contributed by atoms with E-state index in [1.54, 1.807) is 13.0 Å². The Morgan fingerprint density at radius 1 is 0.696 bits per heavy atom. The van der Waals surface area contributed by atoms with E-state index in [2.05, 4.69) is 6.92 Å². The molecule has 0 aromatic carbocycles. The van der Waals surface area contributed by atoms with Gasteiger partial charge >= 0.3 is 5.97 Å². The quantitative estimate of drug-likeness (QED) is 0.178. The highest BCUT2D eigenvalue weighted by atomic mass is 16.7. The van der Waals surface area contributed by atoms with Crippen LogP contribution in [0.2, 0.25) is 0 Å². The first-order valence-corrected chi connectivity index (χ1v) is 21.3. The van der Waals surface area contributed by atoms with Crippen molar-refractivity contribution in [3.05, 3.63) is 11.6 Å². The van der Waals surface area contributed by atoms with Gasteiger partial charge in [0.2, 0.25) is 0 Å². The fourth-order valence-corrected chi connectivity index (χ4v) is 13.1. The molecule has 8 aliphatic rings. The average molecular weight is 795 g/mol. The average Bonchev–Trinajstić information content (AvgIpc) is 3.68. The number of fused-ring (bicyclic) bond motifs is 5. The van der Waals surface area contributed by atoms with Gasteiger partial charge in [-0.05, 0) is 107 Å². The fourth-order valence-electron chi connectivity index (χ4n) is 13.1. The summed E-state index contributed by atoms with van der Waals surface area (Å²) in [4.78, 5) is 12.0. The Morgan fingerprint density at radius 2 is 1.27 bits per heavy atom. The second-order valence-electron chi connectivity index (χ2n) is 19.0. The Morgan fingerprint density at radius 3 is 1.80 bits per heavy atom. The molecule has 0 aromatic rings. The van der Waals surface area contributed by atoms with Crippen LogP contribution in [0.1, 0.15) is 105 Å². The molecule has 4 heterocycles. The lowest BCUT2D eigenvalue weighted by molar-refractivity contribution is -0.336. The first-order chi connectivity index (χ1) is 26.5. The predicted octanol–water partition coefficient (Wildman–Crippen LogP) is 2.87. The lowest BCUT2D eigenvalue weighted by Crippen LogP contribution is -2.67. The molecule has 0 spiro atoms. The molecule has 56 heavy (non-hydrogen) atoms. The van der Waals surface area contributed by atoms with Gasteiger partial charge in [0.15, 0.2) is 18.9 Å². The molecule has 7 fully saturated rings. The van der Waals surface area contributed by atoms with Crippen LogP contribution in [-0.2, 0) is 42.7 Å². The van der Waals surface area contributed by atoms with Gasteiger partial charge in [-0.3, -0.25) is 0 Å². The second-order valence-corrected chi connectivity index (χ2v) is 19.0. The topological polar surface area (TPSA) is 192 Å². The summed E-state index contributed by atoms with van der Waals surface area (Å²) >= 11 is 0. The summed E-state index contributed by atoms with van der Waals surface area (Å²) in [5.41, 5.74) is -0.877. The van der Waals surface area contributed by atoms with Crippen LogP contribution in [0, 0.1) is 34.5 Å². The summed E-state index contributed by atoms with van der Waals surface area (Å²) in [6.45, 7) is 10.1. The molecule has 0 aromatic heterocycles. The van der Waals surface area contributed by atoms with Gasteiger partial charge in [-0.25, -0.2) is 4.79 Å². The zero-order chi connectivity index (χ0) is 39.9. The van der Waals surface area contributed by atoms with Crippen molar-refractivity contribution in [1.29, 1.82) is 0 Å². The Hall–Kier alpha value is -1.27. The lowest BCUT2D eigenvalue weighted by Gasteiger charge is -2.65. The van der Waals surface area contributed by atoms with Crippen molar-refractivity contribution in [2.75, 3.05) is 13.7 Å². The molecule has 5 N–H and O–H groups in total. The van der Waals surface area contributed by atoms with Crippen molar-refractivity contribution in [3.8, 4) is 0 Å². The molecule has 4 saturated carbocycles. The van der Waals surface area contributed by atoms with E-state index in [0.717, 1.165) is 44.1 Å². The van der Waals surface area contributed by atoms with E-state index in [-0.39, 0.29) is 67.2 Å². The van der Waals surface area contributed by atoms with Crippen LogP contribution in [0.4, 0.5) is 0 Å². The maximum absolute atomic E-state index is 12.6. The highest BCUT2D eigenvalue weighted by Crippen LogP contribution is 2.70. The normalized spacial score (nSPS) is 54.8. The number of aliphatic hydroxyl groups excluding tert-OH is 4. The van der Waals surface area contributed by atoms with Crippen molar-refractivity contribution in [2.24, 2.45) is 34.5 Å². The zero-order valence-corrected chi connectivity index (χ0v) is 33.9. The van der Waals surface area contributed by atoms with Gasteiger partial charge in [0.25, 0.3) is 0 Å². The van der Waals surface area contributed by atoms with E-state index in [0.29, 0.717) is 18.8 Å². The number of hydrogen-bond acceptors (Lipinski definition) is 14. The van der Waals surface area contributed by atoms with Crippen molar-refractivity contribution in [2.45, 2.75) is 197 Å². The van der Waals surface area contributed by atoms with Crippen LogP contribution >= 0.6 is 0 Å². The zero-order valence-electron chi connectivity index (χ0n) is 33.9. The smallest absolute Gasteiger partial charge is 0.331 e. The number of ether oxygens (including phenoxy) is 8. The summed E-state index contributed by atoms with van der Waals surface area (Å²) in [5, 5.41) is 57.3. The van der Waals surface area contributed by atoms with E-state index in [1.165, 1.54) is 7.11 Å². The SMILES string of the molecule is CO[C@H]1C(O)C[C@H](O[C@H]2C(O)C[C@H](O[C@H]3C(O)C[C@H](OC4CC[C@@]5(C)C(CCC6C5CC(O)[C@]5(C)[C@@H](C7=CC(=O)OC7)CCC65O)C4)OC3C)OC2C)OC1C. The fraction of sp³-hybridized carbons (Fsp3) is 0.929. The number of carbonyl (C=O) groups is 1. The minimum atomic E-state index is -1.01. The van der Waals surface area contributed by atoms with Crippen LogP contribution < -0.4 is 0 Å². The summed E-state index contributed by atoms with van der Waals surface area (Å²) in [5.74, 6) is 0.223. The third-order valence-corrected chi connectivity index (χ3v) is 16.2. The van der Waals surface area contributed by atoms with Crippen LogP contribution in [0.25, 0.3) is 0 Å². The van der Waals surface area contributed by atoms with Gasteiger partial charge in [-0.1, -0.05) is 13.8 Å². The number of carbonyl (C=O) groups excluding carboxylic acids is 1. The van der Waals surface area contributed by atoms with Gasteiger partial charge in [0, 0.05) is 37.9 Å². The number of methoxy groups -OCH3 is 1. The second kappa shape index (κ2) is 15.6. The summed E-state index contributed by atoms with van der Waals surface area (Å²) in [7, 11) is 1.53. The van der Waals surface area contributed by atoms with Crippen LogP contribution in [0.15, 0.2) is 11.6 Å². The Bertz CT molecular complexity index is 1430. The van der Waals surface area contributed by atoms with E-state index < -0.39 is 84.8 Å². The Kier molecular flexibility index (Phi) is 11.6. The van der Waals surface area contributed by atoms with Crippen molar-refractivity contribution >= 4 is 5.97 Å². The maximum Gasteiger partial charge on any atom is 0.331 e. The molecular weight excluding hydrogens is 728 g/mol. The third kappa shape index (κ3) is 7.02. The summed E-state index contributed by atoms with van der Waals surface area (Å²) in [6, 6.07) is 0. The number of rotatable bonds is 8. The number of hydrogen-bond donors (Lipinski definition) is 5. The minimum Gasteiger partial charge on any atom is -0.458 e. The van der Waals surface area contributed by atoms with Gasteiger partial charge < -0.3 is 63.4 Å². The molecule has 14 heteroatoms. The summed E-state index contributed by atoms with van der Waals surface area (Å²) in [6.07, 6.45) is -0.0154. The Balaban J connectivity index is 0.832. The molecule has 318 valence electrons. The first-order valence-electron chi connectivity index (χ1n) is 21.3. The van der Waals surface area contributed by atoms with Gasteiger partial charge in [-0.15, -0.1) is 0 Å². The first kappa shape index (κ1) is 41.5. The van der Waals surface area contributed by atoms with Gasteiger partial charge in [0.1, 0.15) is 24.9 Å². The van der Waals surface area contributed by atoms with Crippen molar-refractivity contribution in [3.63, 3.8) is 0 Å². The largest absolute Gasteiger partial charge is 0.458 e. The lowest BCUT2D eigenvalue weighted by atomic mass is 9.42. The standard InChI is InChI=1S/C42H66O14/c1-20-37(49-6)29(43)16-35(51-20)55-39-22(3)53-36(18-31(39)45)56-38-21(2)52-34(17-30(38)44)54-25-9-11-40(4)24(14-25)7-8-27-28(40)15-32(46)41(5)26(10-12-42(27,41)48)23-13-33(47)50-19-23/h13,20-22,24-32,34-39,43-46,48H,7-12,14-19H2,1-6H3/t20?,21?,22?,24?,25?,26-,27?,28?,29?,30?,31?,32?,34+,35+,36+,37-,38-,39-,40+,41+,42?/m1/s1. The minimum absolute atomic E-state index is 0.0386. The van der Waals surface area contributed by atoms with Crippen LogP contribution in [-0.4, -0.2) is 137 Å². The van der Waals surface area contributed by atoms with Crippen LogP contribution in [0.3, 0.4) is 0 Å². The van der Waals surface area contributed by atoms with E-state index in [1.807, 2.05) is 20.8 Å². The highest BCUT2D eigenvalue weighted by molar-refractivity contribution is 5.85. The molecule has 3 saturated heterocycles. The van der Waals surface area contributed by atoms with Crippen LogP contribution in [0.5, 0.6) is 0 Å². The number of esters is 1. The Labute approximate surface area is 330 Å². The molecule has 21 atom stereocenters. The molecule has 0 radical (unpaired) electrons. The van der Waals surface area contributed by atoms with E-state index >= 15 is 0 Å². The maximum atomic E-state index is 12.6. The number of cyclic esters (lactones) is 1. The van der Waals surface area contributed by atoms with Crippen molar-refractivity contribution < 1.29 is 68.2 Å². The van der Waals surface area contributed by atoms with Crippen molar-refractivity contribution in [1.82, 2.24) is 0 Å². The molecular formula is C42H66O14. The van der Waals surface area contributed by atoms with E-state index in [4.69, 9.17) is 37.9 Å². The molecule has 12 unspecified atom stereocenters. The number of aliphatic hydroxyl groups is 5.